The highest BCUT2D eigenvalue weighted by Crippen LogP contribution is 2.47. The van der Waals surface area contributed by atoms with Gasteiger partial charge in [0.25, 0.3) is 0 Å². The van der Waals surface area contributed by atoms with Gasteiger partial charge in [-0.05, 0) is 83.3 Å². The smallest absolute Gasteiger partial charge is 0.737 e. The summed E-state index contributed by atoms with van der Waals surface area (Å²) >= 11 is 4.41. The maximum atomic E-state index is 16.1. The molecule has 176 valence electrons. The van der Waals surface area contributed by atoms with Crippen LogP contribution in [0.1, 0.15) is 41.9 Å². The Morgan fingerprint density at radius 2 is 1.65 bits per heavy atom. The second-order valence-corrected chi connectivity index (χ2v) is 10.9. The molecule has 1 aromatic carbocycles. The second-order valence-electron chi connectivity index (χ2n) is 8.70. The first-order valence-corrected chi connectivity index (χ1v) is 13.0. The largest absolute Gasteiger partial charge is 1.00 e. The maximum Gasteiger partial charge on any atom is 0.737 e. The zero-order valence-electron chi connectivity index (χ0n) is 19.2. The first-order valence-electron chi connectivity index (χ1n) is 10.8. The van der Waals surface area contributed by atoms with Gasteiger partial charge in [-0.1, -0.05) is 30.3 Å². The molecule has 2 aliphatic rings. The molecule has 34 heavy (non-hydrogen) atoms. The van der Waals surface area contributed by atoms with E-state index in [1.807, 2.05) is 50.4 Å². The lowest BCUT2D eigenvalue weighted by molar-refractivity contribution is -0.688. The predicted molar refractivity (Wildman–Crippen MR) is 146 cm³/mol. The van der Waals surface area contributed by atoms with Crippen LogP contribution in [0, 0.1) is 17.4 Å². The molecule has 2 aromatic heterocycles. The fraction of sp³-hybridized carbons (Fsp3) is 0.200. The topological polar surface area (TPSA) is 11.8 Å². The Labute approximate surface area is 236 Å². The average Bonchev–Trinajstić information content (AvgIpc) is 3.16. The predicted octanol–water partition coefficient (Wildman–Crippen LogP) is 3.24. The fourth-order valence-electron chi connectivity index (χ4n) is 5.11. The van der Waals surface area contributed by atoms with Crippen LogP contribution in [0.4, 0.5) is 8.63 Å². The molecule has 0 N–H and O–H groups in total. The van der Waals surface area contributed by atoms with Crippen molar-refractivity contribution in [1.29, 1.82) is 0 Å². The van der Waals surface area contributed by atoms with Crippen LogP contribution in [0.15, 0.2) is 69.7 Å². The molecule has 0 amide bonds. The molecule has 4 heterocycles. The maximum absolute atomic E-state index is 16.1. The molecule has 5 rings (SSSR count). The van der Waals surface area contributed by atoms with Crippen LogP contribution < -0.4 is 21.5 Å². The third kappa shape index (κ3) is 3.76. The van der Waals surface area contributed by atoms with E-state index in [9.17, 15) is 0 Å². The summed E-state index contributed by atoms with van der Waals surface area (Å²) in [6, 6.07) is 14.3. The van der Waals surface area contributed by atoms with E-state index < -0.39 is 6.97 Å². The van der Waals surface area contributed by atoms with Crippen molar-refractivity contribution in [3.63, 3.8) is 0 Å². The molecular weight excluding hydrogens is 725 g/mol. The van der Waals surface area contributed by atoms with Crippen molar-refractivity contribution in [2.75, 3.05) is 0 Å². The zero-order chi connectivity index (χ0) is 23.7. The molecule has 0 bridgehead atoms. The molecule has 0 spiro atoms. The molecule has 0 aliphatic carbocycles. The zero-order valence-corrected chi connectivity index (χ0v) is 25.1. The van der Waals surface area contributed by atoms with E-state index in [-0.39, 0.29) is 17.0 Å². The van der Waals surface area contributed by atoms with Crippen molar-refractivity contribution < 1.29 is 34.7 Å². The van der Waals surface area contributed by atoms with Crippen LogP contribution >= 0.6 is 45.2 Å². The number of halogens is 5. The lowest BCUT2D eigenvalue weighted by Gasteiger charge is -2.33. The highest BCUT2D eigenvalue weighted by atomic mass is 127. The average molecular weight is 748 g/mol. The molecule has 0 unspecified atom stereocenters. The minimum Gasteiger partial charge on any atom is -1.00 e. The number of hydrogen-bond acceptors (Lipinski definition) is 0. The van der Waals surface area contributed by atoms with Crippen molar-refractivity contribution >= 4 is 63.4 Å². The van der Waals surface area contributed by atoms with Crippen molar-refractivity contribution in [1.82, 2.24) is 4.48 Å². The van der Waals surface area contributed by atoms with Crippen molar-refractivity contribution in [2.24, 2.45) is 0 Å². The van der Waals surface area contributed by atoms with Crippen LogP contribution in [-0.2, 0) is 6.54 Å². The van der Waals surface area contributed by atoms with E-state index in [0.29, 0.717) is 22.8 Å². The Balaban J connectivity index is 0.00000274. The highest BCUT2D eigenvalue weighted by molar-refractivity contribution is 14.1. The van der Waals surface area contributed by atoms with E-state index in [4.69, 9.17) is 0 Å². The Morgan fingerprint density at radius 3 is 2.32 bits per heavy atom. The van der Waals surface area contributed by atoms with Crippen LogP contribution in [0.3, 0.4) is 0 Å². The quantitative estimate of drug-likeness (QED) is 0.222. The van der Waals surface area contributed by atoms with Crippen LogP contribution in [0.2, 0.25) is 0 Å². The molecule has 3 nitrogen and oxygen atoms in total. The number of rotatable bonds is 3. The Bertz CT molecular complexity index is 1430. The molecule has 3 aromatic rings. The monoisotopic (exact) mass is 747 g/mol. The molecular formula is C25H23BBrF2I2N3. The Morgan fingerprint density at radius 1 is 0.971 bits per heavy atom. The summed E-state index contributed by atoms with van der Waals surface area (Å²) < 4.78 is 38.7. The third-order valence-corrected chi connectivity index (χ3v) is 9.84. The summed E-state index contributed by atoms with van der Waals surface area (Å²) in [6.45, 7) is 4.23. The normalized spacial score (nSPS) is 16.6. The van der Waals surface area contributed by atoms with E-state index in [1.165, 1.54) is 14.5 Å². The SMILES string of the molecule is CC1=C(I)C(C)=[N+]2C1=C(c1ccc[n+](Cc3ccccc3)c1)c1c(C)c(I)c(C)n1[B-]2(F)F.[Br-]. The fourth-order valence-corrected chi connectivity index (χ4v) is 6.15. The molecule has 0 radical (unpaired) electrons. The van der Waals surface area contributed by atoms with Gasteiger partial charge in [-0.15, -0.1) is 0 Å². The van der Waals surface area contributed by atoms with Crippen LogP contribution in [0.5, 0.6) is 0 Å². The molecule has 9 heteroatoms. The van der Waals surface area contributed by atoms with Gasteiger partial charge in [0.05, 0.1) is 14.7 Å². The van der Waals surface area contributed by atoms with E-state index in [2.05, 4.69) is 68.1 Å². The van der Waals surface area contributed by atoms with Crippen LogP contribution in [0.25, 0.3) is 5.57 Å². The van der Waals surface area contributed by atoms with Gasteiger partial charge in [-0.25, -0.2) is 4.57 Å². The van der Waals surface area contributed by atoms with Gasteiger partial charge in [-0.3, -0.25) is 0 Å². The Kier molecular flexibility index (Phi) is 7.02. The molecule has 0 atom stereocenters. The van der Waals surface area contributed by atoms with Gasteiger partial charge in [-0.2, -0.15) is 0 Å². The van der Waals surface area contributed by atoms with Gasteiger partial charge in [0.15, 0.2) is 24.6 Å². The van der Waals surface area contributed by atoms with Crippen LogP contribution in [-0.4, -0.2) is 21.6 Å². The van der Waals surface area contributed by atoms with Gasteiger partial charge in [0.2, 0.25) is 0 Å². The number of pyridine rings is 1. The minimum absolute atomic E-state index is 0. The third-order valence-electron chi connectivity index (χ3n) is 6.66. The van der Waals surface area contributed by atoms with Crippen molar-refractivity contribution in [3.05, 3.63) is 101 Å². The second kappa shape index (κ2) is 9.27. The lowest BCUT2D eigenvalue weighted by Crippen LogP contribution is -3.00. The highest BCUT2D eigenvalue weighted by Gasteiger charge is 2.57. The number of aromatic nitrogens is 2. The minimum atomic E-state index is -4.00. The molecule has 2 aliphatic heterocycles. The first-order chi connectivity index (χ1) is 15.6. The summed E-state index contributed by atoms with van der Waals surface area (Å²) in [6.07, 6.45) is 4.11. The number of benzene rings is 1. The van der Waals surface area contributed by atoms with E-state index in [1.54, 1.807) is 13.8 Å². The van der Waals surface area contributed by atoms with Crippen molar-refractivity contribution in [3.8, 4) is 0 Å². The lowest BCUT2D eigenvalue weighted by atomic mass is 9.84. The number of nitrogens with zero attached hydrogens (tertiary/aromatic N) is 3. The van der Waals surface area contributed by atoms with Gasteiger partial charge < -0.3 is 34.6 Å². The summed E-state index contributed by atoms with van der Waals surface area (Å²) in [7, 11) is 0. The van der Waals surface area contributed by atoms with Gasteiger partial charge in [0.1, 0.15) is 5.71 Å². The summed E-state index contributed by atoms with van der Waals surface area (Å²) in [5, 5.41) is 0. The first kappa shape index (κ1) is 25.7. The standard InChI is InChI=1S/C25H23BF2I2N3.BrH/c1-15-22(29)17(3)32-24(15)21(25-16(2)23(30)18(4)33(25)26(32,27)28)20-11-8-12-31(14-20)13-19-9-6-5-7-10-19;/h5-12,14H,13H2,1-4H3;1H/q+1;/p-1. The van der Waals surface area contributed by atoms with E-state index in [0.717, 1.165) is 36.0 Å². The molecule has 0 saturated carbocycles. The molecule has 0 fully saturated rings. The number of allylic oxidation sites excluding steroid dienone is 2. The number of hydrogen-bond donors (Lipinski definition) is 0. The van der Waals surface area contributed by atoms with Gasteiger partial charge in [0, 0.05) is 33.4 Å². The summed E-state index contributed by atoms with van der Waals surface area (Å²) in [5.74, 6) is 0. The van der Waals surface area contributed by atoms with E-state index >= 15 is 8.63 Å². The number of fused-ring (bicyclic) bond motifs is 2. The summed E-state index contributed by atoms with van der Waals surface area (Å²) in [5.41, 5.74) is 7.31. The van der Waals surface area contributed by atoms with Gasteiger partial charge >= 0.3 is 6.97 Å². The van der Waals surface area contributed by atoms with Crippen molar-refractivity contribution in [2.45, 2.75) is 34.2 Å². The summed E-state index contributed by atoms with van der Waals surface area (Å²) in [4.78, 5) is 0. The molecule has 0 saturated heterocycles. The Hall–Kier alpha value is -1.34.